The third-order valence-electron chi connectivity index (χ3n) is 20.2. The summed E-state index contributed by atoms with van der Waals surface area (Å²) in [5.41, 5.74) is 0.838. The highest BCUT2D eigenvalue weighted by Gasteiger charge is 2.79. The van der Waals surface area contributed by atoms with E-state index in [1.54, 1.807) is 14.0 Å². The van der Waals surface area contributed by atoms with Crippen molar-refractivity contribution in [2.24, 2.45) is 34.5 Å². The molecule has 5 heterocycles. The summed E-state index contributed by atoms with van der Waals surface area (Å²) in [6.45, 7) is 2.60. The van der Waals surface area contributed by atoms with Gasteiger partial charge in [0, 0.05) is 104 Å². The predicted octanol–water partition coefficient (Wildman–Crippen LogP) is 6.54. The minimum Gasteiger partial charge on any atom is -0.492 e. The second-order valence-electron chi connectivity index (χ2n) is 24.2. The van der Waals surface area contributed by atoms with Crippen molar-refractivity contribution >= 4 is 34.5 Å². The predicted molar refractivity (Wildman–Crippen MR) is 300 cm³/mol. The zero-order valence-corrected chi connectivity index (χ0v) is 46.4. The van der Waals surface area contributed by atoms with Gasteiger partial charge in [0.2, 0.25) is 5.76 Å². The standard InChI is InChI=1S/C65H76N2O14/c1-3-78-61(75)59-49(35-71)53-42-26-43(34-70)55(74)46(28-42)45-27-41-14-21-66-51(41)29-40(45)12-10-39(33-69)37-79-57-48-31-64(81-56(48)50(36-72)58(80-59)54(53)57)18-16-62(20-24-68)15-17-63-19-23-67(22-7-25-77-2)32-44(63)30-47(60(62)65(63,64)76)52(73)13-11-38-8-5-4-6-9-38/h4-6,8-9,14,16,18,21,27,29-30,35,39,43-44,46,52,60,66,68-70,72-73,76H,3,7,10-13,15,17,19-20,22-26,28,31-34,36-37H2,1-2H3/b53-42-/t39-,43+,44+,46+,52-,60-,62-,63+,64+,65-/m1/s1. The molecule has 0 unspecified atom stereocenters. The van der Waals surface area contributed by atoms with Crippen LogP contribution in [0.5, 0.6) is 17.2 Å². The third kappa shape index (κ3) is 8.80. The van der Waals surface area contributed by atoms with E-state index in [1.165, 1.54) is 0 Å². The lowest BCUT2D eigenvalue weighted by Crippen LogP contribution is -2.80. The first-order valence-electron chi connectivity index (χ1n) is 29.3. The molecule has 2 saturated carbocycles. The Morgan fingerprint density at radius 2 is 1.85 bits per heavy atom. The first-order valence-corrected chi connectivity index (χ1v) is 29.3. The average molecular weight is 1110 g/mol. The second kappa shape index (κ2) is 22.0. The number of piperidine rings is 1. The SMILES string of the molecule is CCOC(=O)C1=C(C=O)/C2=C3\C[C@@H](CO)C(=O)[C@@H](C3)c3cc4cc[nH]c4cc3CC[C@H](CO)COc3c4c(c(CO)c(c32)O1)O[C@@]1(C=C[C@@]2(CCO)CC[C@]35CCN(CCCOC)C[C@@H]3C=C([C@H](O)CCc3ccccc3)[C@H]2[C@@]51O)C4. The lowest BCUT2D eigenvalue weighted by molar-refractivity contribution is -0.283. The minimum atomic E-state index is -1.77. The summed E-state index contributed by atoms with van der Waals surface area (Å²) in [6.07, 6.45) is 12.7. The summed E-state index contributed by atoms with van der Waals surface area (Å²) >= 11 is 0. The third-order valence-corrected chi connectivity index (χ3v) is 20.2. The molecule has 1 aromatic heterocycles. The van der Waals surface area contributed by atoms with E-state index >= 15 is 5.11 Å². The first-order chi connectivity index (χ1) is 39.3. The Morgan fingerprint density at radius 3 is 2.60 bits per heavy atom. The van der Waals surface area contributed by atoms with E-state index in [0.717, 1.165) is 40.6 Å². The van der Waals surface area contributed by atoms with Crippen molar-refractivity contribution in [2.45, 2.75) is 114 Å². The van der Waals surface area contributed by atoms with Crippen LogP contribution in [0.15, 0.2) is 95.4 Å². The van der Waals surface area contributed by atoms with E-state index in [1.807, 2.05) is 60.8 Å². The molecule has 0 radical (unpaired) electrons. The lowest BCUT2D eigenvalue weighted by Gasteiger charge is -2.72. The zero-order valence-electron chi connectivity index (χ0n) is 46.4. The Morgan fingerprint density at radius 1 is 1.01 bits per heavy atom. The molecule has 16 heteroatoms. The highest BCUT2D eigenvalue weighted by Crippen LogP contribution is 2.74. The molecule has 10 atom stereocenters. The van der Waals surface area contributed by atoms with Gasteiger partial charge in [-0.1, -0.05) is 48.1 Å². The Kier molecular flexibility index (Phi) is 15.1. The molecule has 2 spiro atoms. The van der Waals surface area contributed by atoms with Gasteiger partial charge in [0.25, 0.3) is 0 Å². The van der Waals surface area contributed by atoms with Crippen LogP contribution in [-0.2, 0) is 49.7 Å². The smallest absolute Gasteiger partial charge is 0.375 e. The van der Waals surface area contributed by atoms with Crippen LogP contribution in [-0.4, -0.2) is 142 Å². The lowest BCUT2D eigenvalue weighted by atomic mass is 9.35. The van der Waals surface area contributed by atoms with E-state index in [0.29, 0.717) is 94.1 Å². The number of ketones is 1. The van der Waals surface area contributed by atoms with Crippen molar-refractivity contribution in [1.29, 1.82) is 0 Å². The van der Waals surface area contributed by atoms with Crippen molar-refractivity contribution in [1.82, 2.24) is 9.88 Å². The Bertz CT molecular complexity index is 3250. The molecule has 4 aromatic rings. The minimum absolute atomic E-state index is 0.00870. The molecule has 0 amide bonds. The molecule has 16 nitrogen and oxygen atoms in total. The van der Waals surface area contributed by atoms with E-state index in [2.05, 4.69) is 22.0 Å². The number of carbonyl (C=O) groups is 3. The van der Waals surface area contributed by atoms with Crippen LogP contribution >= 0.6 is 0 Å². The Labute approximate surface area is 472 Å². The number of aliphatic hydroxyl groups excluding tert-OH is 5. The number of aliphatic hydroxyl groups is 6. The number of fused-ring (bicyclic) bond motifs is 7. The number of hydrogen-bond donors (Lipinski definition) is 7. The largest absolute Gasteiger partial charge is 0.492 e. The molecule has 4 aliphatic carbocycles. The summed E-state index contributed by atoms with van der Waals surface area (Å²) in [5, 5.41) is 74.1. The Balaban J connectivity index is 1.08. The van der Waals surface area contributed by atoms with E-state index in [4.69, 9.17) is 23.7 Å². The van der Waals surface area contributed by atoms with Crippen LogP contribution in [0.25, 0.3) is 16.5 Å². The number of aromatic nitrogens is 1. The number of nitrogens with zero attached hydrogens (tertiary/aromatic N) is 1. The van der Waals surface area contributed by atoms with Gasteiger partial charge in [-0.2, -0.15) is 0 Å². The molecule has 12 rings (SSSR count). The number of rotatable bonds is 16. The highest BCUT2D eigenvalue weighted by molar-refractivity contribution is 6.11. The Hall–Kier alpha value is -5.95. The van der Waals surface area contributed by atoms with Crippen molar-refractivity contribution in [3.8, 4) is 17.2 Å². The number of aldehydes is 1. The zero-order chi connectivity index (χ0) is 56.4. The van der Waals surface area contributed by atoms with Crippen LogP contribution in [0, 0.1) is 34.5 Å². The maximum atomic E-state index is 15.1. The summed E-state index contributed by atoms with van der Waals surface area (Å²) < 4.78 is 32.6. The van der Waals surface area contributed by atoms with E-state index < -0.39 is 76.7 Å². The van der Waals surface area contributed by atoms with Gasteiger partial charge in [0.15, 0.2) is 11.9 Å². The van der Waals surface area contributed by atoms with Gasteiger partial charge in [0.05, 0.1) is 49.2 Å². The molecule has 430 valence electrons. The number of aryl methyl sites for hydroxylation is 2. The number of benzene rings is 3. The first kappa shape index (κ1) is 55.6. The highest BCUT2D eigenvalue weighted by atomic mass is 16.6. The molecule has 4 aliphatic heterocycles. The van der Waals surface area contributed by atoms with Crippen molar-refractivity contribution in [3.05, 3.63) is 129 Å². The van der Waals surface area contributed by atoms with Gasteiger partial charge in [-0.3, -0.25) is 9.59 Å². The summed E-state index contributed by atoms with van der Waals surface area (Å²) in [6, 6.07) is 16.0. The van der Waals surface area contributed by atoms with Crippen LogP contribution in [0.3, 0.4) is 0 Å². The number of ether oxygens (including phenoxy) is 5. The maximum absolute atomic E-state index is 15.1. The van der Waals surface area contributed by atoms with Gasteiger partial charge in [-0.15, -0.1) is 0 Å². The number of aromatic amines is 1. The molecular formula is C65H76N2O14. The maximum Gasteiger partial charge on any atom is 0.375 e. The summed E-state index contributed by atoms with van der Waals surface area (Å²) in [5.74, 6) is -4.32. The fourth-order valence-electron chi connectivity index (χ4n) is 16.3. The van der Waals surface area contributed by atoms with Crippen LogP contribution in [0.4, 0.5) is 0 Å². The number of nitrogens with one attached hydrogen (secondary N) is 1. The number of likely N-dealkylation sites (tertiary alicyclic amines) is 1. The molecule has 81 heavy (non-hydrogen) atoms. The molecule has 8 aliphatic rings. The molecular weight excluding hydrogens is 1030 g/mol. The van der Waals surface area contributed by atoms with Gasteiger partial charge in [0.1, 0.15) is 28.6 Å². The van der Waals surface area contributed by atoms with Crippen molar-refractivity contribution in [3.63, 3.8) is 0 Å². The summed E-state index contributed by atoms with van der Waals surface area (Å²) in [4.78, 5) is 48.8. The molecule has 7 N–H and O–H groups in total. The number of carbonyl (C=O) groups excluding carboxylic acids is 3. The van der Waals surface area contributed by atoms with Crippen LogP contribution in [0.2, 0.25) is 0 Å². The van der Waals surface area contributed by atoms with Crippen LogP contribution < -0.4 is 14.2 Å². The van der Waals surface area contributed by atoms with Crippen LogP contribution in [0.1, 0.15) is 104 Å². The van der Waals surface area contributed by atoms with Gasteiger partial charge < -0.3 is 64.2 Å². The number of allylic oxidation sites excluding steroid dienone is 4. The summed E-state index contributed by atoms with van der Waals surface area (Å²) in [7, 11) is 1.70. The molecule has 6 bridgehead atoms. The van der Waals surface area contributed by atoms with Gasteiger partial charge in [-0.05, 0) is 142 Å². The number of hydrogen-bond acceptors (Lipinski definition) is 15. The van der Waals surface area contributed by atoms with E-state index in [-0.39, 0.29) is 96.9 Å². The van der Waals surface area contributed by atoms with Crippen molar-refractivity contribution < 1.29 is 68.7 Å². The fraction of sp³-hybridized carbons (Fsp3) is 0.523. The molecule has 3 aromatic carbocycles. The fourth-order valence-corrected chi connectivity index (χ4v) is 16.3. The topological polar surface area (TPSA) is 238 Å². The monoisotopic (exact) mass is 1110 g/mol. The van der Waals surface area contributed by atoms with Crippen molar-refractivity contribution in [2.75, 3.05) is 66.4 Å². The van der Waals surface area contributed by atoms with Gasteiger partial charge >= 0.3 is 5.97 Å². The quantitative estimate of drug-likeness (QED) is 0.0273. The molecule has 1 saturated heterocycles. The second-order valence-corrected chi connectivity index (χ2v) is 24.2. The number of Topliss-reactive ketones (excluding diaryl/α,β-unsaturated/α-hetero) is 1. The van der Waals surface area contributed by atoms with E-state index in [9.17, 15) is 39.9 Å². The number of H-pyrrole nitrogens is 1. The number of esters is 1. The molecule has 3 fully saturated rings. The number of methoxy groups -OCH3 is 1. The van der Waals surface area contributed by atoms with Gasteiger partial charge in [-0.25, -0.2) is 4.79 Å². The average Bonchev–Trinajstić information content (AvgIpc) is 2.02. The normalized spacial score (nSPS) is 31.5.